The number of aromatic amines is 1. The Kier molecular flexibility index (Phi) is 3.98. The summed E-state index contributed by atoms with van der Waals surface area (Å²) in [6, 6.07) is 1.28. The molecule has 0 radical (unpaired) electrons. The molecular formula is C10H11N3O4S2. The van der Waals surface area contributed by atoms with Crippen LogP contribution in [-0.4, -0.2) is 36.0 Å². The molecule has 0 unspecified atom stereocenters. The number of sulfonamides is 1. The highest BCUT2D eigenvalue weighted by atomic mass is 32.2. The highest BCUT2D eigenvalue weighted by Crippen LogP contribution is 2.21. The molecule has 0 atom stereocenters. The largest absolute Gasteiger partial charge is 0.477 e. The van der Waals surface area contributed by atoms with Gasteiger partial charge in [-0.05, 0) is 11.4 Å². The summed E-state index contributed by atoms with van der Waals surface area (Å²) in [6.45, 7) is 0.166. The van der Waals surface area contributed by atoms with Crippen molar-refractivity contribution in [1.29, 1.82) is 0 Å². The molecule has 2 rings (SSSR count). The van der Waals surface area contributed by atoms with Crippen LogP contribution >= 0.6 is 11.3 Å². The molecule has 3 N–H and O–H groups in total. The summed E-state index contributed by atoms with van der Waals surface area (Å²) in [4.78, 5) is 17.2. The number of hydrogen-bond donors (Lipinski definition) is 3. The predicted octanol–water partition coefficient (Wildman–Crippen LogP) is 0.690. The van der Waals surface area contributed by atoms with Crippen molar-refractivity contribution < 1.29 is 18.3 Å². The zero-order valence-electron chi connectivity index (χ0n) is 9.66. The van der Waals surface area contributed by atoms with Crippen LogP contribution in [0.25, 0.3) is 0 Å². The topological polar surface area (TPSA) is 112 Å². The lowest BCUT2D eigenvalue weighted by atomic mass is 10.3. The zero-order valence-corrected chi connectivity index (χ0v) is 11.3. The Bertz CT molecular complexity index is 661. The summed E-state index contributed by atoms with van der Waals surface area (Å²) in [5.41, 5.74) is 0.798. The molecule has 0 saturated heterocycles. The molecule has 2 heterocycles. The minimum atomic E-state index is -3.80. The van der Waals surface area contributed by atoms with E-state index in [-0.39, 0.29) is 16.3 Å². The van der Waals surface area contributed by atoms with Crippen molar-refractivity contribution >= 4 is 27.3 Å². The fourth-order valence-electron chi connectivity index (χ4n) is 1.48. The van der Waals surface area contributed by atoms with Crippen molar-refractivity contribution in [3.63, 3.8) is 0 Å². The first-order valence-corrected chi connectivity index (χ1v) is 7.64. The van der Waals surface area contributed by atoms with Gasteiger partial charge < -0.3 is 10.1 Å². The molecule has 9 heteroatoms. The number of aromatic carboxylic acids is 1. The second-order valence-electron chi connectivity index (χ2n) is 3.64. The van der Waals surface area contributed by atoms with E-state index >= 15 is 0 Å². The second kappa shape index (κ2) is 5.51. The van der Waals surface area contributed by atoms with E-state index in [1.54, 1.807) is 6.20 Å². The van der Waals surface area contributed by atoms with Gasteiger partial charge in [-0.2, -0.15) is 0 Å². The van der Waals surface area contributed by atoms with Crippen molar-refractivity contribution in [3.05, 3.63) is 34.5 Å². The smallest absolute Gasteiger partial charge is 0.347 e. The first kappa shape index (κ1) is 13.7. The summed E-state index contributed by atoms with van der Waals surface area (Å²) in [7, 11) is -3.80. The van der Waals surface area contributed by atoms with E-state index in [4.69, 9.17) is 5.11 Å². The molecule has 0 saturated carbocycles. The molecule has 0 aliphatic heterocycles. The molecule has 0 amide bonds. The van der Waals surface area contributed by atoms with Crippen LogP contribution in [0.3, 0.4) is 0 Å². The van der Waals surface area contributed by atoms with Gasteiger partial charge in [-0.15, -0.1) is 11.3 Å². The number of carboxylic acids is 1. The Morgan fingerprint density at radius 3 is 2.95 bits per heavy atom. The lowest BCUT2D eigenvalue weighted by Crippen LogP contribution is -2.26. The van der Waals surface area contributed by atoms with Crippen molar-refractivity contribution in [1.82, 2.24) is 14.7 Å². The average molecular weight is 301 g/mol. The van der Waals surface area contributed by atoms with Gasteiger partial charge in [0.15, 0.2) is 0 Å². The monoisotopic (exact) mass is 301 g/mol. The van der Waals surface area contributed by atoms with Gasteiger partial charge >= 0.3 is 5.97 Å². The van der Waals surface area contributed by atoms with Gasteiger partial charge in [0.2, 0.25) is 10.0 Å². The maximum atomic E-state index is 12.0. The minimum Gasteiger partial charge on any atom is -0.477 e. The molecule has 0 spiro atoms. The second-order valence-corrected chi connectivity index (χ2v) is 6.30. The van der Waals surface area contributed by atoms with E-state index in [9.17, 15) is 13.2 Å². The Morgan fingerprint density at radius 1 is 1.53 bits per heavy atom. The van der Waals surface area contributed by atoms with E-state index < -0.39 is 16.0 Å². The van der Waals surface area contributed by atoms with E-state index in [1.165, 1.54) is 17.8 Å². The molecule has 0 bridgehead atoms. The lowest BCUT2D eigenvalue weighted by Gasteiger charge is -2.05. The van der Waals surface area contributed by atoms with Gasteiger partial charge in [0.1, 0.15) is 9.77 Å². The number of imidazole rings is 1. The number of carbonyl (C=O) groups is 1. The van der Waals surface area contributed by atoms with Gasteiger partial charge in [-0.3, -0.25) is 0 Å². The molecule has 0 aromatic carbocycles. The van der Waals surface area contributed by atoms with E-state index in [1.807, 2.05) is 0 Å². The van der Waals surface area contributed by atoms with Gasteiger partial charge in [0.25, 0.3) is 0 Å². The lowest BCUT2D eigenvalue weighted by molar-refractivity contribution is 0.0698. The Labute approximate surface area is 113 Å². The maximum Gasteiger partial charge on any atom is 0.347 e. The summed E-state index contributed by atoms with van der Waals surface area (Å²) in [5.74, 6) is -1.25. The van der Waals surface area contributed by atoms with Crippen LogP contribution in [-0.2, 0) is 16.4 Å². The number of hydrogen-bond acceptors (Lipinski definition) is 5. The van der Waals surface area contributed by atoms with Gasteiger partial charge in [0.05, 0.1) is 6.33 Å². The number of thiophene rings is 1. The summed E-state index contributed by atoms with van der Waals surface area (Å²) < 4.78 is 26.3. The van der Waals surface area contributed by atoms with E-state index in [0.717, 1.165) is 17.0 Å². The van der Waals surface area contributed by atoms with Crippen molar-refractivity contribution in [2.45, 2.75) is 11.3 Å². The van der Waals surface area contributed by atoms with Crippen LogP contribution in [0.1, 0.15) is 15.4 Å². The summed E-state index contributed by atoms with van der Waals surface area (Å²) in [5, 5.41) is 10.3. The highest BCUT2D eigenvalue weighted by molar-refractivity contribution is 7.89. The van der Waals surface area contributed by atoms with Crippen LogP contribution in [0.15, 0.2) is 28.9 Å². The molecule has 2 aromatic rings. The van der Waals surface area contributed by atoms with Gasteiger partial charge in [-0.1, -0.05) is 0 Å². The van der Waals surface area contributed by atoms with Crippen molar-refractivity contribution in [2.24, 2.45) is 0 Å². The molecule has 2 aromatic heterocycles. The number of aromatic nitrogens is 2. The van der Waals surface area contributed by atoms with Crippen LogP contribution < -0.4 is 4.72 Å². The van der Waals surface area contributed by atoms with Crippen LogP contribution in [0, 0.1) is 0 Å². The quantitative estimate of drug-likeness (QED) is 0.726. The van der Waals surface area contributed by atoms with Crippen LogP contribution in [0.4, 0.5) is 0 Å². The Morgan fingerprint density at radius 2 is 2.32 bits per heavy atom. The van der Waals surface area contributed by atoms with Crippen molar-refractivity contribution in [3.8, 4) is 0 Å². The van der Waals surface area contributed by atoms with Crippen molar-refractivity contribution in [2.75, 3.05) is 6.54 Å². The molecule has 19 heavy (non-hydrogen) atoms. The number of rotatable bonds is 6. The fraction of sp³-hybridized carbons (Fsp3) is 0.200. The highest BCUT2D eigenvalue weighted by Gasteiger charge is 2.23. The molecular weight excluding hydrogens is 290 g/mol. The maximum absolute atomic E-state index is 12.0. The number of H-pyrrole nitrogens is 1. The SMILES string of the molecule is O=C(O)c1sccc1S(=O)(=O)NCCc1cnc[nH]1. The minimum absolute atomic E-state index is 0.166. The summed E-state index contributed by atoms with van der Waals surface area (Å²) in [6.07, 6.45) is 3.55. The Hall–Kier alpha value is -1.71. The van der Waals surface area contributed by atoms with E-state index in [2.05, 4.69) is 14.7 Å². The molecule has 102 valence electrons. The fourth-order valence-corrected chi connectivity index (χ4v) is 3.77. The third-order valence-electron chi connectivity index (χ3n) is 2.35. The van der Waals surface area contributed by atoms with E-state index in [0.29, 0.717) is 6.42 Å². The molecule has 0 aliphatic rings. The normalized spacial score (nSPS) is 11.6. The zero-order chi connectivity index (χ0) is 13.9. The third-order valence-corrected chi connectivity index (χ3v) is 4.89. The Balaban J connectivity index is 2.06. The first-order chi connectivity index (χ1) is 9.00. The molecule has 7 nitrogen and oxygen atoms in total. The number of nitrogens with one attached hydrogen (secondary N) is 2. The predicted molar refractivity (Wildman–Crippen MR) is 68.8 cm³/mol. The standard InChI is InChI=1S/C10H11N3O4S2/c14-10(15)9-8(2-4-18-9)19(16,17)13-3-1-7-5-11-6-12-7/h2,4-6,13H,1,3H2,(H,11,12)(H,14,15). The number of nitrogens with zero attached hydrogens (tertiary/aromatic N) is 1. The summed E-state index contributed by atoms with van der Waals surface area (Å²) >= 11 is 0.881. The number of carboxylic acid groups (broad SMARTS) is 1. The van der Waals surface area contributed by atoms with Gasteiger partial charge in [-0.25, -0.2) is 22.9 Å². The third kappa shape index (κ3) is 3.19. The van der Waals surface area contributed by atoms with Gasteiger partial charge in [0, 0.05) is 24.9 Å². The molecule has 0 fully saturated rings. The first-order valence-electron chi connectivity index (χ1n) is 5.28. The molecule has 0 aliphatic carbocycles. The van der Waals surface area contributed by atoms with Crippen LogP contribution in [0.2, 0.25) is 0 Å². The average Bonchev–Trinajstić information content (AvgIpc) is 2.99. The van der Waals surface area contributed by atoms with Crippen LogP contribution in [0.5, 0.6) is 0 Å².